The summed E-state index contributed by atoms with van der Waals surface area (Å²) in [6.07, 6.45) is 1.24. The van der Waals surface area contributed by atoms with E-state index in [4.69, 9.17) is 10.6 Å². The predicted molar refractivity (Wildman–Crippen MR) is 39.5 cm³/mol. The summed E-state index contributed by atoms with van der Waals surface area (Å²) in [6.45, 7) is 0.571. The SMILES string of the molecule is NC1CC(CO[O][Tl])CC1O. The molecule has 0 bridgehead atoms. The van der Waals surface area contributed by atoms with Crippen LogP contribution in [0.4, 0.5) is 0 Å². The summed E-state index contributed by atoms with van der Waals surface area (Å²) in [5.74, 6) is 0.374. The normalized spacial score (nSPS) is 37.7. The van der Waals surface area contributed by atoms with Gasteiger partial charge in [0.1, 0.15) is 0 Å². The maximum atomic E-state index is 9.26. The maximum absolute atomic E-state index is 9.26. The Morgan fingerprint density at radius 3 is 2.73 bits per heavy atom. The molecule has 0 saturated heterocycles. The number of aliphatic hydroxyl groups excluding tert-OH is 1. The molecule has 0 amide bonds. The van der Waals surface area contributed by atoms with Gasteiger partial charge < -0.3 is 0 Å². The second-order valence-corrected chi connectivity index (χ2v) is 3.70. The molecule has 1 rings (SSSR count). The molecule has 5 heteroatoms. The Labute approximate surface area is 82.3 Å². The monoisotopic (exact) mass is 351 g/mol. The molecule has 4 nitrogen and oxygen atoms in total. The van der Waals surface area contributed by atoms with Gasteiger partial charge in [0.2, 0.25) is 0 Å². The van der Waals surface area contributed by atoms with E-state index in [0.717, 1.165) is 12.8 Å². The predicted octanol–water partition coefficient (Wildman–Crippen LogP) is -0.884. The molecule has 0 spiro atoms. The molecule has 3 atom stereocenters. The van der Waals surface area contributed by atoms with Gasteiger partial charge >= 0.3 is 82.3 Å². The zero-order valence-electron chi connectivity index (χ0n) is 6.27. The first-order chi connectivity index (χ1) is 5.24. The fraction of sp³-hybridized carbons (Fsp3) is 1.00. The molecule has 0 heterocycles. The minimum absolute atomic E-state index is 0.0693. The molecule has 1 fully saturated rings. The van der Waals surface area contributed by atoms with Crippen LogP contribution in [0.1, 0.15) is 12.8 Å². The molecule has 1 aliphatic carbocycles. The molecule has 0 aromatic rings. The van der Waals surface area contributed by atoms with Crippen molar-refractivity contribution in [2.45, 2.75) is 25.0 Å². The van der Waals surface area contributed by atoms with Crippen molar-refractivity contribution in [3.8, 4) is 0 Å². The summed E-state index contributed by atoms with van der Waals surface area (Å²) in [7, 11) is 0. The zero-order valence-corrected chi connectivity index (χ0v) is 10.8. The van der Waals surface area contributed by atoms with Gasteiger partial charge in [0.15, 0.2) is 0 Å². The zero-order chi connectivity index (χ0) is 8.27. The summed E-state index contributed by atoms with van der Waals surface area (Å²) in [5, 5.41) is 9.26. The van der Waals surface area contributed by atoms with E-state index in [2.05, 4.69) is 2.84 Å². The average Bonchev–Trinajstić information content (AvgIpc) is 2.28. The molecular formula is C6H12NO3Tl. The van der Waals surface area contributed by atoms with E-state index in [-0.39, 0.29) is 12.1 Å². The van der Waals surface area contributed by atoms with E-state index in [1.807, 2.05) is 0 Å². The number of hydrogen-bond acceptors (Lipinski definition) is 4. The van der Waals surface area contributed by atoms with Crippen molar-refractivity contribution in [3.63, 3.8) is 0 Å². The summed E-state index contributed by atoms with van der Waals surface area (Å²) in [4.78, 5) is 4.82. The van der Waals surface area contributed by atoms with Gasteiger partial charge in [0, 0.05) is 0 Å². The molecule has 3 N–H and O–H groups in total. The van der Waals surface area contributed by atoms with Crippen LogP contribution in [0.3, 0.4) is 0 Å². The molecule has 0 aliphatic heterocycles. The Morgan fingerprint density at radius 2 is 2.27 bits per heavy atom. The first-order valence-corrected chi connectivity index (χ1v) is 5.49. The topological polar surface area (TPSA) is 64.7 Å². The average molecular weight is 351 g/mol. The Hall–Kier alpha value is 0.762. The molecule has 0 aromatic heterocycles. The molecule has 0 radical (unpaired) electrons. The fourth-order valence-electron chi connectivity index (χ4n) is 1.43. The van der Waals surface area contributed by atoms with Crippen molar-refractivity contribution >= 4 is 26.2 Å². The van der Waals surface area contributed by atoms with Crippen LogP contribution in [0.25, 0.3) is 0 Å². The quantitative estimate of drug-likeness (QED) is 0.394. The van der Waals surface area contributed by atoms with E-state index in [9.17, 15) is 5.11 Å². The van der Waals surface area contributed by atoms with Gasteiger partial charge in [0.05, 0.1) is 0 Å². The van der Waals surface area contributed by atoms with Crippen LogP contribution < -0.4 is 5.73 Å². The molecule has 11 heavy (non-hydrogen) atoms. The fourth-order valence-corrected chi connectivity index (χ4v) is 1.73. The van der Waals surface area contributed by atoms with Gasteiger partial charge in [-0.2, -0.15) is 0 Å². The van der Waals surface area contributed by atoms with Gasteiger partial charge in [-0.3, -0.25) is 0 Å². The van der Waals surface area contributed by atoms with Gasteiger partial charge in [-0.15, -0.1) is 0 Å². The van der Waals surface area contributed by atoms with Gasteiger partial charge in [-0.05, 0) is 0 Å². The number of aliphatic hydroxyl groups is 1. The Morgan fingerprint density at radius 1 is 1.55 bits per heavy atom. The van der Waals surface area contributed by atoms with Crippen LogP contribution >= 0.6 is 0 Å². The minimum atomic E-state index is -0.347. The Bertz CT molecular complexity index is 114. The van der Waals surface area contributed by atoms with Crippen molar-refractivity contribution in [1.29, 1.82) is 0 Å². The van der Waals surface area contributed by atoms with Crippen LogP contribution in [0.2, 0.25) is 0 Å². The summed E-state index contributed by atoms with van der Waals surface area (Å²) >= 11 is 0.417. The first kappa shape index (κ1) is 9.85. The van der Waals surface area contributed by atoms with Crippen LogP contribution in [-0.4, -0.2) is 50.1 Å². The van der Waals surface area contributed by atoms with E-state index in [0.29, 0.717) is 38.7 Å². The number of rotatable bonds is 3. The summed E-state index contributed by atoms with van der Waals surface area (Å²) < 4.78 is 4.62. The van der Waals surface area contributed by atoms with Crippen LogP contribution in [0.15, 0.2) is 0 Å². The molecular weight excluding hydrogens is 338 g/mol. The Kier molecular flexibility index (Phi) is 4.21. The summed E-state index contributed by atoms with van der Waals surface area (Å²) in [6, 6.07) is -0.0693. The van der Waals surface area contributed by atoms with Crippen LogP contribution in [-0.2, 0) is 7.73 Å². The van der Waals surface area contributed by atoms with E-state index >= 15 is 0 Å². The number of nitrogens with two attached hydrogens (primary N) is 1. The van der Waals surface area contributed by atoms with Crippen molar-refractivity contribution in [2.24, 2.45) is 11.7 Å². The van der Waals surface area contributed by atoms with Crippen molar-refractivity contribution < 1.29 is 12.8 Å². The molecule has 62 valence electrons. The molecule has 1 saturated carbocycles. The molecule has 0 aromatic carbocycles. The standard InChI is InChI=1S/C6H13NO3.Tl/c7-5-1-4(3-10-9)2-6(5)8;/h4-6,8-9H,1-3,7H2;/q;+1/p-1. The molecule has 3 unspecified atom stereocenters. The molecule has 1 aliphatic rings. The van der Waals surface area contributed by atoms with E-state index in [1.54, 1.807) is 0 Å². The van der Waals surface area contributed by atoms with Gasteiger partial charge in [0.25, 0.3) is 0 Å². The third-order valence-corrected chi connectivity index (χ3v) is 2.58. The third-order valence-electron chi connectivity index (χ3n) is 2.05. The van der Waals surface area contributed by atoms with Crippen molar-refractivity contribution in [1.82, 2.24) is 0 Å². The third kappa shape index (κ3) is 2.94. The second-order valence-electron chi connectivity index (χ2n) is 2.95. The van der Waals surface area contributed by atoms with E-state index in [1.165, 1.54) is 0 Å². The van der Waals surface area contributed by atoms with Crippen LogP contribution in [0.5, 0.6) is 0 Å². The van der Waals surface area contributed by atoms with Crippen molar-refractivity contribution in [2.75, 3.05) is 6.61 Å². The van der Waals surface area contributed by atoms with Gasteiger partial charge in [-0.25, -0.2) is 0 Å². The Balaban J connectivity index is 2.18. The first-order valence-electron chi connectivity index (χ1n) is 3.66. The summed E-state index contributed by atoms with van der Waals surface area (Å²) in [5.41, 5.74) is 5.60. The number of hydrogen-bond donors (Lipinski definition) is 2. The van der Waals surface area contributed by atoms with E-state index < -0.39 is 0 Å². The van der Waals surface area contributed by atoms with Crippen LogP contribution in [0, 0.1) is 5.92 Å². The van der Waals surface area contributed by atoms with Crippen molar-refractivity contribution in [3.05, 3.63) is 0 Å². The second kappa shape index (κ2) is 4.71. The van der Waals surface area contributed by atoms with Gasteiger partial charge in [-0.1, -0.05) is 0 Å².